The van der Waals surface area contributed by atoms with Crippen LogP contribution >= 0.6 is 0 Å². The second-order valence-electron chi connectivity index (χ2n) is 7.13. The number of nitrogens with zero attached hydrogens (tertiary/aromatic N) is 1. The van der Waals surface area contributed by atoms with E-state index >= 15 is 0 Å². The van der Waals surface area contributed by atoms with E-state index in [2.05, 4.69) is 10.2 Å². The molecule has 1 aliphatic heterocycles. The lowest BCUT2D eigenvalue weighted by Crippen LogP contribution is -2.51. The molecule has 1 heterocycles. The number of ether oxygens (including phenoxy) is 1. The first-order valence-corrected chi connectivity index (χ1v) is 8.48. The van der Waals surface area contributed by atoms with Gasteiger partial charge in [0.1, 0.15) is 0 Å². The Morgan fingerprint density at radius 1 is 1.20 bits per heavy atom. The molecule has 0 amide bonds. The molecule has 4 heteroatoms. The van der Waals surface area contributed by atoms with E-state index < -0.39 is 0 Å². The molecule has 3 rings (SSSR count). The highest BCUT2D eigenvalue weighted by Crippen LogP contribution is 2.37. The molecule has 2 N–H and O–H groups in total. The number of nitrogens with one attached hydrogen (secondary N) is 1. The minimum absolute atomic E-state index is 0.0285. The summed E-state index contributed by atoms with van der Waals surface area (Å²) in [6.07, 6.45) is 9.71. The number of hydrogen-bond acceptors (Lipinski definition) is 4. The maximum atomic E-state index is 9.30. The molecule has 20 heavy (non-hydrogen) atoms. The predicted octanol–water partition coefficient (Wildman–Crippen LogP) is 1.38. The van der Waals surface area contributed by atoms with Crippen molar-refractivity contribution in [3.63, 3.8) is 0 Å². The molecule has 0 spiro atoms. The van der Waals surface area contributed by atoms with Crippen LogP contribution in [0.25, 0.3) is 0 Å². The molecule has 0 aromatic rings. The van der Waals surface area contributed by atoms with Crippen molar-refractivity contribution >= 4 is 0 Å². The third-order valence-electron chi connectivity index (χ3n) is 5.24. The second kappa shape index (κ2) is 6.73. The lowest BCUT2D eigenvalue weighted by Gasteiger charge is -2.43. The predicted molar refractivity (Wildman–Crippen MR) is 79.8 cm³/mol. The van der Waals surface area contributed by atoms with Gasteiger partial charge in [0.15, 0.2) is 0 Å². The summed E-state index contributed by atoms with van der Waals surface area (Å²) in [5.74, 6) is 0. The molecule has 0 bridgehead atoms. The summed E-state index contributed by atoms with van der Waals surface area (Å²) < 4.78 is 5.58. The van der Waals surface area contributed by atoms with Crippen LogP contribution in [0.5, 0.6) is 0 Å². The zero-order chi connectivity index (χ0) is 13.8. The Kier molecular flexibility index (Phi) is 4.97. The maximum Gasteiger partial charge on any atom is 0.0932 e. The van der Waals surface area contributed by atoms with Gasteiger partial charge in [-0.15, -0.1) is 0 Å². The van der Waals surface area contributed by atoms with Gasteiger partial charge in [-0.25, -0.2) is 0 Å². The highest BCUT2D eigenvalue weighted by Gasteiger charge is 2.36. The van der Waals surface area contributed by atoms with Gasteiger partial charge in [-0.05, 0) is 31.1 Å². The van der Waals surface area contributed by atoms with Gasteiger partial charge in [-0.3, -0.25) is 4.90 Å². The summed E-state index contributed by atoms with van der Waals surface area (Å²) in [5, 5.41) is 13.1. The number of aliphatic hydroxyl groups is 1. The van der Waals surface area contributed by atoms with Gasteiger partial charge in [0.25, 0.3) is 0 Å². The summed E-state index contributed by atoms with van der Waals surface area (Å²) >= 11 is 0. The lowest BCUT2D eigenvalue weighted by molar-refractivity contribution is -0.0655. The maximum absolute atomic E-state index is 9.30. The quantitative estimate of drug-likeness (QED) is 0.772. The van der Waals surface area contributed by atoms with Crippen molar-refractivity contribution in [1.29, 1.82) is 0 Å². The number of hydrogen-bond donors (Lipinski definition) is 2. The average molecular weight is 282 g/mol. The molecule has 0 radical (unpaired) electrons. The topological polar surface area (TPSA) is 44.7 Å². The Hall–Kier alpha value is -0.160. The number of morpholine rings is 1. The molecular weight excluding hydrogens is 252 g/mol. The molecule has 3 fully saturated rings. The summed E-state index contributed by atoms with van der Waals surface area (Å²) in [7, 11) is 0. The highest BCUT2D eigenvalue weighted by atomic mass is 16.5. The van der Waals surface area contributed by atoms with E-state index in [0.29, 0.717) is 5.41 Å². The fourth-order valence-electron chi connectivity index (χ4n) is 3.85. The standard InChI is InChI=1S/C16H30N2O2/c19-11-15-10-18(8-9-20-15)13-16(6-2-1-3-7-16)12-17-14-4-5-14/h14-15,17,19H,1-13H2. The molecule has 2 aliphatic carbocycles. The number of rotatable bonds is 6. The Labute approximate surface area is 122 Å². The molecule has 2 saturated carbocycles. The molecule has 1 unspecified atom stereocenters. The van der Waals surface area contributed by atoms with Gasteiger partial charge in [0.05, 0.1) is 19.3 Å². The normalized spacial score (nSPS) is 31.4. The minimum atomic E-state index is 0.0285. The van der Waals surface area contributed by atoms with Crippen LogP contribution in [0, 0.1) is 5.41 Å². The van der Waals surface area contributed by atoms with Crippen molar-refractivity contribution in [3.8, 4) is 0 Å². The van der Waals surface area contributed by atoms with Crippen molar-refractivity contribution in [2.24, 2.45) is 5.41 Å². The van der Waals surface area contributed by atoms with E-state index in [9.17, 15) is 5.11 Å². The van der Waals surface area contributed by atoms with Crippen LogP contribution < -0.4 is 5.32 Å². The molecule has 116 valence electrons. The SMILES string of the molecule is OCC1CN(CC2(CNC3CC3)CCCCC2)CCO1. The summed E-state index contributed by atoms with van der Waals surface area (Å²) in [5.41, 5.74) is 0.470. The van der Waals surface area contributed by atoms with Gasteiger partial charge in [0.2, 0.25) is 0 Å². The van der Waals surface area contributed by atoms with Crippen LogP contribution in [-0.2, 0) is 4.74 Å². The number of aliphatic hydroxyl groups excluding tert-OH is 1. The second-order valence-corrected chi connectivity index (χ2v) is 7.13. The molecule has 1 atom stereocenters. The average Bonchev–Trinajstić information content (AvgIpc) is 3.31. The van der Waals surface area contributed by atoms with Crippen molar-refractivity contribution < 1.29 is 9.84 Å². The summed E-state index contributed by atoms with van der Waals surface area (Å²) in [4.78, 5) is 2.53. The van der Waals surface area contributed by atoms with Crippen molar-refractivity contribution in [1.82, 2.24) is 10.2 Å². The first-order chi connectivity index (χ1) is 9.80. The largest absolute Gasteiger partial charge is 0.394 e. The van der Waals surface area contributed by atoms with E-state index in [1.165, 1.54) is 58.0 Å². The van der Waals surface area contributed by atoms with Gasteiger partial charge in [-0.2, -0.15) is 0 Å². The third kappa shape index (κ3) is 3.94. The third-order valence-corrected chi connectivity index (χ3v) is 5.24. The fourth-order valence-corrected chi connectivity index (χ4v) is 3.85. The Morgan fingerprint density at radius 3 is 2.70 bits per heavy atom. The van der Waals surface area contributed by atoms with Crippen molar-refractivity contribution in [2.45, 2.75) is 57.1 Å². The van der Waals surface area contributed by atoms with Crippen molar-refractivity contribution in [2.75, 3.05) is 39.4 Å². The summed E-state index contributed by atoms with van der Waals surface area (Å²) in [6, 6.07) is 0.809. The van der Waals surface area contributed by atoms with E-state index in [1.807, 2.05) is 0 Å². The molecular formula is C16H30N2O2. The van der Waals surface area contributed by atoms with E-state index in [0.717, 1.165) is 25.7 Å². The van der Waals surface area contributed by atoms with Crippen LogP contribution in [0.3, 0.4) is 0 Å². The van der Waals surface area contributed by atoms with Gasteiger partial charge in [0, 0.05) is 32.2 Å². The van der Waals surface area contributed by atoms with E-state index in [4.69, 9.17) is 4.74 Å². The zero-order valence-electron chi connectivity index (χ0n) is 12.6. The van der Waals surface area contributed by atoms with Crippen LogP contribution in [-0.4, -0.2) is 61.5 Å². The zero-order valence-corrected chi connectivity index (χ0v) is 12.6. The van der Waals surface area contributed by atoms with Crippen LogP contribution in [0.15, 0.2) is 0 Å². The van der Waals surface area contributed by atoms with Crippen LogP contribution in [0.4, 0.5) is 0 Å². The van der Waals surface area contributed by atoms with E-state index in [1.54, 1.807) is 0 Å². The molecule has 1 saturated heterocycles. The van der Waals surface area contributed by atoms with Gasteiger partial charge >= 0.3 is 0 Å². The van der Waals surface area contributed by atoms with Gasteiger partial charge in [-0.1, -0.05) is 19.3 Å². The highest BCUT2D eigenvalue weighted by molar-refractivity contribution is 4.92. The molecule has 0 aromatic heterocycles. The Bertz CT molecular complexity index is 301. The lowest BCUT2D eigenvalue weighted by atomic mass is 9.73. The minimum Gasteiger partial charge on any atom is -0.394 e. The van der Waals surface area contributed by atoms with Gasteiger partial charge < -0.3 is 15.2 Å². The molecule has 3 aliphatic rings. The Morgan fingerprint density at radius 2 is 2.00 bits per heavy atom. The van der Waals surface area contributed by atoms with Crippen LogP contribution in [0.1, 0.15) is 44.9 Å². The smallest absolute Gasteiger partial charge is 0.0932 e. The fraction of sp³-hybridized carbons (Fsp3) is 1.00. The molecule has 0 aromatic carbocycles. The first kappa shape index (κ1) is 14.8. The first-order valence-electron chi connectivity index (χ1n) is 8.48. The summed E-state index contributed by atoms with van der Waals surface area (Å²) in [6.45, 7) is 5.25. The van der Waals surface area contributed by atoms with Crippen molar-refractivity contribution in [3.05, 3.63) is 0 Å². The van der Waals surface area contributed by atoms with Crippen LogP contribution in [0.2, 0.25) is 0 Å². The molecule has 4 nitrogen and oxygen atoms in total. The monoisotopic (exact) mass is 282 g/mol. The van der Waals surface area contributed by atoms with E-state index in [-0.39, 0.29) is 12.7 Å². The Balaban J connectivity index is 1.56.